The van der Waals surface area contributed by atoms with Crippen LogP contribution in [-0.2, 0) is 10.0 Å². The van der Waals surface area contributed by atoms with Crippen molar-refractivity contribution in [2.45, 2.75) is 25.2 Å². The lowest BCUT2D eigenvalue weighted by Gasteiger charge is -2.20. The van der Waals surface area contributed by atoms with Gasteiger partial charge in [0.2, 0.25) is 11.8 Å². The van der Waals surface area contributed by atoms with E-state index < -0.39 is 10.0 Å². The van der Waals surface area contributed by atoms with Crippen LogP contribution >= 0.6 is 0 Å². The first-order valence-corrected chi connectivity index (χ1v) is 11.2. The molecule has 1 heterocycles. The summed E-state index contributed by atoms with van der Waals surface area (Å²) in [6.45, 7) is 5.07. The average Bonchev–Trinajstić information content (AvgIpc) is 2.73. The third-order valence-corrected chi connectivity index (χ3v) is 5.71. The van der Waals surface area contributed by atoms with Crippen LogP contribution in [0.15, 0.2) is 71.6 Å². The predicted molar refractivity (Wildman–Crippen MR) is 119 cm³/mol. The Kier molecular flexibility index (Phi) is 6.89. The molecule has 8 heteroatoms. The lowest BCUT2D eigenvalue weighted by Crippen LogP contribution is -2.22. The van der Waals surface area contributed by atoms with E-state index in [9.17, 15) is 8.42 Å². The van der Waals surface area contributed by atoms with Crippen molar-refractivity contribution in [1.82, 2.24) is 9.97 Å². The Bertz CT molecular complexity index is 1060. The number of hydrogen-bond donors (Lipinski definition) is 1. The number of nitrogens with one attached hydrogen (secondary N) is 1. The molecule has 30 heavy (non-hydrogen) atoms. The van der Waals surface area contributed by atoms with Gasteiger partial charge in [0, 0.05) is 19.7 Å². The molecule has 0 aliphatic carbocycles. The Hall–Kier alpha value is -3.13. The molecule has 0 amide bonds. The van der Waals surface area contributed by atoms with E-state index >= 15 is 0 Å². The van der Waals surface area contributed by atoms with Gasteiger partial charge in [-0.2, -0.15) is 9.97 Å². The normalized spacial score (nSPS) is 11.3. The second-order valence-corrected chi connectivity index (χ2v) is 9.01. The number of sulfonamides is 1. The van der Waals surface area contributed by atoms with Gasteiger partial charge in [-0.3, -0.25) is 0 Å². The van der Waals surface area contributed by atoms with Gasteiger partial charge >= 0.3 is 0 Å². The number of para-hydroxylation sites is 1. The second kappa shape index (κ2) is 9.58. The van der Waals surface area contributed by atoms with Gasteiger partial charge in [-0.1, -0.05) is 50.2 Å². The summed E-state index contributed by atoms with van der Waals surface area (Å²) in [4.78, 5) is 10.8. The first-order chi connectivity index (χ1) is 14.3. The number of hydrogen-bond acceptors (Lipinski definition) is 6. The smallest absolute Gasteiger partial charge is 0.264 e. The number of ether oxygens (including phenoxy) is 1. The lowest BCUT2D eigenvalue weighted by atomic mass is 10.1. The number of anilines is 2. The van der Waals surface area contributed by atoms with Crippen molar-refractivity contribution in [3.63, 3.8) is 0 Å². The molecule has 0 spiro atoms. The maximum Gasteiger partial charge on any atom is 0.264 e. The number of rotatable bonds is 9. The minimum Gasteiger partial charge on any atom is -0.439 e. The second-order valence-electron chi connectivity index (χ2n) is 7.33. The molecule has 0 atom stereocenters. The van der Waals surface area contributed by atoms with E-state index in [0.29, 0.717) is 17.5 Å². The van der Waals surface area contributed by atoms with E-state index in [2.05, 4.69) is 28.5 Å². The zero-order valence-corrected chi connectivity index (χ0v) is 18.1. The molecule has 0 saturated carbocycles. The molecule has 0 fully saturated rings. The average molecular weight is 427 g/mol. The minimum absolute atomic E-state index is 0.0429. The Morgan fingerprint density at radius 2 is 1.63 bits per heavy atom. The molecule has 158 valence electrons. The fourth-order valence-corrected chi connectivity index (χ4v) is 3.63. The molecule has 1 N–H and O–H groups in total. The minimum atomic E-state index is -3.82. The lowest BCUT2D eigenvalue weighted by molar-refractivity contribution is 0.462. The number of nitrogens with zero attached hydrogens (tertiary/aromatic N) is 3. The van der Waals surface area contributed by atoms with Gasteiger partial charge in [0.25, 0.3) is 10.0 Å². The van der Waals surface area contributed by atoms with E-state index in [0.717, 1.165) is 13.0 Å². The molecule has 0 radical (unpaired) electrons. The summed E-state index contributed by atoms with van der Waals surface area (Å²) >= 11 is 0. The number of aromatic nitrogens is 2. The van der Waals surface area contributed by atoms with Crippen LogP contribution in [0.4, 0.5) is 11.8 Å². The maximum absolute atomic E-state index is 12.7. The summed E-state index contributed by atoms with van der Waals surface area (Å²) in [7, 11) is -1.91. The van der Waals surface area contributed by atoms with E-state index in [1.807, 2.05) is 30.1 Å². The Balaban J connectivity index is 1.92. The van der Waals surface area contributed by atoms with Crippen molar-refractivity contribution in [3.8, 4) is 11.6 Å². The first kappa shape index (κ1) is 21.6. The van der Waals surface area contributed by atoms with Crippen LogP contribution < -0.4 is 14.4 Å². The summed E-state index contributed by atoms with van der Waals surface area (Å²) in [5.41, 5.74) is 0. The zero-order valence-electron chi connectivity index (χ0n) is 17.3. The fourth-order valence-electron chi connectivity index (χ4n) is 2.66. The van der Waals surface area contributed by atoms with Crippen LogP contribution in [0.3, 0.4) is 0 Å². The van der Waals surface area contributed by atoms with Gasteiger partial charge in [0.1, 0.15) is 11.6 Å². The highest BCUT2D eigenvalue weighted by molar-refractivity contribution is 7.92. The van der Waals surface area contributed by atoms with Gasteiger partial charge in [-0.25, -0.2) is 13.1 Å². The molecule has 1 aromatic heterocycles. The molecule has 0 bridgehead atoms. The van der Waals surface area contributed by atoms with Crippen LogP contribution in [0.25, 0.3) is 0 Å². The summed E-state index contributed by atoms with van der Waals surface area (Å²) in [6, 6.07) is 19.0. The van der Waals surface area contributed by atoms with Crippen molar-refractivity contribution in [2.24, 2.45) is 5.92 Å². The maximum atomic E-state index is 12.7. The van der Waals surface area contributed by atoms with Crippen molar-refractivity contribution in [1.29, 1.82) is 0 Å². The largest absolute Gasteiger partial charge is 0.439 e. The zero-order chi connectivity index (χ0) is 21.6. The first-order valence-electron chi connectivity index (χ1n) is 9.74. The van der Waals surface area contributed by atoms with E-state index in [4.69, 9.17) is 4.74 Å². The van der Waals surface area contributed by atoms with Crippen molar-refractivity contribution < 1.29 is 13.2 Å². The quantitative estimate of drug-likeness (QED) is 0.540. The van der Waals surface area contributed by atoms with Crippen LogP contribution in [0.1, 0.15) is 20.3 Å². The van der Waals surface area contributed by atoms with Gasteiger partial charge in [-0.15, -0.1) is 0 Å². The third-order valence-electron chi connectivity index (χ3n) is 4.37. The molecule has 0 unspecified atom stereocenters. The topological polar surface area (TPSA) is 84.4 Å². The molecule has 0 aliphatic heterocycles. The number of benzene rings is 2. The van der Waals surface area contributed by atoms with Gasteiger partial charge < -0.3 is 9.64 Å². The van der Waals surface area contributed by atoms with Crippen molar-refractivity contribution in [3.05, 3.63) is 66.7 Å². The third kappa shape index (κ3) is 5.93. The molecular formula is C22H26N4O3S. The SMILES string of the molecule is CC(C)CCN(C)c1cc(Oc2ccccc2)nc(NS(=O)(=O)c2ccccc2)n1. The fraction of sp³-hybridized carbons (Fsp3) is 0.273. The Morgan fingerprint density at radius 3 is 2.27 bits per heavy atom. The van der Waals surface area contributed by atoms with Crippen molar-refractivity contribution in [2.75, 3.05) is 23.2 Å². The molecule has 7 nitrogen and oxygen atoms in total. The summed E-state index contributed by atoms with van der Waals surface area (Å²) in [6.07, 6.45) is 0.973. The predicted octanol–water partition coefficient (Wildman–Crippen LogP) is 4.55. The van der Waals surface area contributed by atoms with E-state index in [1.165, 1.54) is 12.1 Å². The molecule has 3 aromatic rings. The summed E-state index contributed by atoms with van der Waals surface area (Å²) in [5.74, 6) is 1.92. The highest BCUT2D eigenvalue weighted by atomic mass is 32.2. The molecule has 0 saturated heterocycles. The van der Waals surface area contributed by atoms with Crippen molar-refractivity contribution >= 4 is 21.8 Å². The highest BCUT2D eigenvalue weighted by Gasteiger charge is 2.18. The standard InChI is InChI=1S/C22H26N4O3S/c1-17(2)14-15-26(3)20-16-21(29-18-10-6-4-7-11-18)24-22(23-20)25-30(27,28)19-12-8-5-9-13-19/h4-13,16-17H,14-15H2,1-3H3,(H,23,24,25). The van der Waals surface area contributed by atoms with E-state index in [1.54, 1.807) is 36.4 Å². The summed E-state index contributed by atoms with van der Waals surface area (Å²) in [5, 5.41) is 0. The van der Waals surface area contributed by atoms with E-state index in [-0.39, 0.29) is 16.7 Å². The Morgan fingerprint density at radius 1 is 1.00 bits per heavy atom. The highest BCUT2D eigenvalue weighted by Crippen LogP contribution is 2.25. The van der Waals surface area contributed by atoms with Crippen LogP contribution in [0, 0.1) is 5.92 Å². The molecule has 0 aliphatic rings. The van der Waals surface area contributed by atoms with Gasteiger partial charge in [-0.05, 0) is 36.6 Å². The van der Waals surface area contributed by atoms with Crippen LogP contribution in [-0.4, -0.2) is 32.0 Å². The molecule has 2 aromatic carbocycles. The van der Waals surface area contributed by atoms with Gasteiger partial charge in [0.05, 0.1) is 4.90 Å². The monoisotopic (exact) mass is 426 g/mol. The van der Waals surface area contributed by atoms with Gasteiger partial charge in [0.15, 0.2) is 0 Å². The summed E-state index contributed by atoms with van der Waals surface area (Å²) < 4.78 is 33.8. The van der Waals surface area contributed by atoms with Crippen LogP contribution in [0.5, 0.6) is 11.6 Å². The molecular weight excluding hydrogens is 400 g/mol. The Labute approximate surface area is 177 Å². The molecule has 3 rings (SSSR count). The van der Waals surface area contributed by atoms with Crippen LogP contribution in [0.2, 0.25) is 0 Å².